The number of carbonyl (C=O) groups excluding carboxylic acids is 4. The summed E-state index contributed by atoms with van der Waals surface area (Å²) in [6, 6.07) is 14.0. The Morgan fingerprint density at radius 1 is 0.971 bits per heavy atom. The van der Waals surface area contributed by atoms with Crippen LogP contribution in [0.25, 0.3) is 0 Å². The number of benzene rings is 2. The first kappa shape index (κ1) is 23.9. The van der Waals surface area contributed by atoms with E-state index in [1.165, 1.54) is 0 Å². The Kier molecular flexibility index (Phi) is 6.77. The molecule has 0 fully saturated rings. The van der Waals surface area contributed by atoms with Crippen LogP contribution in [0.4, 0.5) is 0 Å². The van der Waals surface area contributed by atoms with E-state index in [4.69, 9.17) is 4.74 Å². The van der Waals surface area contributed by atoms with Crippen molar-refractivity contribution in [3.63, 3.8) is 0 Å². The van der Waals surface area contributed by atoms with Crippen LogP contribution in [0, 0.1) is 5.92 Å². The van der Waals surface area contributed by atoms with Crippen molar-refractivity contribution in [1.29, 1.82) is 0 Å². The fourth-order valence-electron chi connectivity index (χ4n) is 4.16. The van der Waals surface area contributed by atoms with Gasteiger partial charge >= 0.3 is 5.97 Å². The highest BCUT2D eigenvalue weighted by atomic mass is 16.5. The van der Waals surface area contributed by atoms with E-state index in [0.717, 1.165) is 10.5 Å². The van der Waals surface area contributed by atoms with Gasteiger partial charge in [0.1, 0.15) is 17.9 Å². The molecule has 1 N–H and O–H groups in total. The number of nitrogens with zero attached hydrogens (tertiary/aromatic N) is 3. The first-order chi connectivity index (χ1) is 16.8. The molecular formula is C26H26N4O5. The van der Waals surface area contributed by atoms with Gasteiger partial charge in [-0.3, -0.25) is 19.3 Å². The average molecular weight is 475 g/mol. The van der Waals surface area contributed by atoms with Crippen molar-refractivity contribution in [1.82, 2.24) is 19.8 Å². The Labute approximate surface area is 202 Å². The molecule has 0 saturated carbocycles. The molecule has 2 heterocycles. The van der Waals surface area contributed by atoms with E-state index in [9.17, 15) is 19.2 Å². The van der Waals surface area contributed by atoms with Crippen molar-refractivity contribution in [2.75, 3.05) is 6.61 Å². The summed E-state index contributed by atoms with van der Waals surface area (Å²) in [5.74, 6) is -2.27. The van der Waals surface area contributed by atoms with Gasteiger partial charge in [-0.05, 0) is 23.6 Å². The molecule has 2 aromatic carbocycles. The van der Waals surface area contributed by atoms with Gasteiger partial charge in [-0.15, -0.1) is 0 Å². The van der Waals surface area contributed by atoms with Gasteiger partial charge in [0.25, 0.3) is 17.7 Å². The summed E-state index contributed by atoms with van der Waals surface area (Å²) in [6.45, 7) is 2.85. The lowest BCUT2D eigenvalue weighted by atomic mass is 10.0. The number of imide groups is 1. The molecule has 9 heteroatoms. The molecule has 0 bridgehead atoms. The average Bonchev–Trinajstić information content (AvgIpc) is 3.38. The first-order valence-electron chi connectivity index (χ1n) is 11.2. The molecule has 180 valence electrons. The molecule has 0 radical (unpaired) electrons. The Hall–Kier alpha value is -4.27. The number of carbonyl (C=O) groups is 4. The maximum atomic E-state index is 13.0. The van der Waals surface area contributed by atoms with Crippen molar-refractivity contribution in [3.05, 3.63) is 89.5 Å². The molecule has 1 aliphatic rings. The fourth-order valence-corrected chi connectivity index (χ4v) is 4.16. The van der Waals surface area contributed by atoms with Crippen LogP contribution in [0.15, 0.2) is 67.0 Å². The summed E-state index contributed by atoms with van der Waals surface area (Å²) in [7, 11) is 1.82. The highest BCUT2D eigenvalue weighted by Crippen LogP contribution is 2.27. The predicted octanol–water partition coefficient (Wildman–Crippen LogP) is 2.49. The van der Waals surface area contributed by atoms with Gasteiger partial charge in [0.15, 0.2) is 6.61 Å². The number of fused-ring (bicyclic) bond motifs is 1. The molecule has 3 amide bonds. The van der Waals surface area contributed by atoms with Gasteiger partial charge in [0.05, 0.1) is 11.1 Å². The number of imidazole rings is 1. The number of hydrogen-bond acceptors (Lipinski definition) is 6. The van der Waals surface area contributed by atoms with Crippen molar-refractivity contribution < 1.29 is 23.9 Å². The lowest BCUT2D eigenvalue weighted by molar-refractivity contribution is -0.153. The number of aryl methyl sites for hydroxylation is 1. The van der Waals surface area contributed by atoms with Crippen LogP contribution in [0.2, 0.25) is 0 Å². The van der Waals surface area contributed by atoms with Gasteiger partial charge in [-0.1, -0.05) is 56.3 Å². The summed E-state index contributed by atoms with van der Waals surface area (Å²) in [4.78, 5) is 56.8. The van der Waals surface area contributed by atoms with Crippen LogP contribution in [-0.2, 0) is 21.4 Å². The van der Waals surface area contributed by atoms with Gasteiger partial charge in [0, 0.05) is 19.4 Å². The minimum Gasteiger partial charge on any atom is -0.454 e. The van der Waals surface area contributed by atoms with E-state index in [-0.39, 0.29) is 11.1 Å². The van der Waals surface area contributed by atoms with E-state index in [2.05, 4.69) is 10.3 Å². The molecule has 0 spiro atoms. The molecule has 3 aromatic rings. The molecular weight excluding hydrogens is 448 g/mol. The van der Waals surface area contributed by atoms with Crippen LogP contribution in [0.5, 0.6) is 0 Å². The smallest absolute Gasteiger partial charge is 0.330 e. The summed E-state index contributed by atoms with van der Waals surface area (Å²) in [5.41, 5.74) is 1.30. The zero-order valence-corrected chi connectivity index (χ0v) is 19.7. The Bertz CT molecular complexity index is 1230. The molecule has 2 atom stereocenters. The summed E-state index contributed by atoms with van der Waals surface area (Å²) >= 11 is 0. The standard InChI is InChI=1S/C26H26N4O5/c1-16(2)22(30-24(32)18-11-7-8-12-19(18)25(30)33)26(34)35-15-20(31)28-21(17-9-5-4-6-10-17)23-27-13-14-29(23)3/h4-14,16,21-22H,15H2,1-3H3,(H,28,31)/t21?,22-/m0/s1. The minimum absolute atomic E-state index is 0.245. The summed E-state index contributed by atoms with van der Waals surface area (Å²) in [6.07, 6.45) is 3.40. The van der Waals surface area contributed by atoms with Gasteiger partial charge in [0.2, 0.25) is 0 Å². The molecule has 1 unspecified atom stereocenters. The summed E-state index contributed by atoms with van der Waals surface area (Å²) < 4.78 is 7.09. The van der Waals surface area contributed by atoms with Crippen LogP contribution < -0.4 is 5.32 Å². The second-order valence-corrected chi connectivity index (χ2v) is 8.63. The molecule has 0 saturated heterocycles. The second kappa shape index (κ2) is 9.92. The summed E-state index contributed by atoms with van der Waals surface area (Å²) in [5, 5.41) is 2.85. The number of hydrogen-bond donors (Lipinski definition) is 1. The van der Waals surface area contributed by atoms with E-state index < -0.39 is 48.3 Å². The zero-order chi connectivity index (χ0) is 25.1. The number of rotatable bonds is 8. The minimum atomic E-state index is -1.16. The van der Waals surface area contributed by atoms with Crippen molar-refractivity contribution >= 4 is 23.7 Å². The lowest BCUT2D eigenvalue weighted by Gasteiger charge is -2.27. The van der Waals surface area contributed by atoms with Crippen LogP contribution in [-0.4, -0.2) is 50.8 Å². The topological polar surface area (TPSA) is 111 Å². The normalized spacial score (nSPS) is 14.6. The number of esters is 1. The van der Waals surface area contributed by atoms with Crippen molar-refractivity contribution in [3.8, 4) is 0 Å². The van der Waals surface area contributed by atoms with Crippen LogP contribution in [0.3, 0.4) is 0 Å². The SMILES string of the molecule is CC(C)[C@@H](C(=O)OCC(=O)NC(c1ccccc1)c1nccn1C)N1C(=O)c2ccccc2C1=O. The largest absolute Gasteiger partial charge is 0.454 e. The molecule has 9 nitrogen and oxygen atoms in total. The third kappa shape index (κ3) is 4.70. The van der Waals surface area contributed by atoms with Gasteiger partial charge in [-0.25, -0.2) is 9.78 Å². The van der Waals surface area contributed by atoms with E-state index in [1.54, 1.807) is 55.1 Å². The van der Waals surface area contributed by atoms with Crippen LogP contribution >= 0.6 is 0 Å². The van der Waals surface area contributed by atoms with Crippen LogP contribution in [0.1, 0.15) is 52.0 Å². The van der Waals surface area contributed by atoms with Gasteiger partial charge < -0.3 is 14.6 Å². The van der Waals surface area contributed by atoms with Crippen molar-refractivity contribution in [2.45, 2.75) is 25.9 Å². The monoisotopic (exact) mass is 474 g/mol. The third-order valence-electron chi connectivity index (χ3n) is 5.88. The maximum Gasteiger partial charge on any atom is 0.330 e. The quantitative estimate of drug-likeness (QED) is 0.397. The zero-order valence-electron chi connectivity index (χ0n) is 19.7. The Balaban J connectivity index is 1.47. The Morgan fingerprint density at radius 3 is 2.11 bits per heavy atom. The highest BCUT2D eigenvalue weighted by molar-refractivity contribution is 6.22. The maximum absolute atomic E-state index is 13.0. The van der Waals surface area contributed by atoms with E-state index in [1.807, 2.05) is 37.4 Å². The third-order valence-corrected chi connectivity index (χ3v) is 5.88. The predicted molar refractivity (Wildman–Crippen MR) is 126 cm³/mol. The van der Waals surface area contributed by atoms with E-state index >= 15 is 0 Å². The molecule has 4 rings (SSSR count). The number of aromatic nitrogens is 2. The van der Waals surface area contributed by atoms with E-state index in [0.29, 0.717) is 5.82 Å². The number of amides is 3. The molecule has 0 aliphatic carbocycles. The first-order valence-corrected chi connectivity index (χ1v) is 11.2. The highest BCUT2D eigenvalue weighted by Gasteiger charge is 2.44. The number of nitrogens with one attached hydrogen (secondary N) is 1. The van der Waals surface area contributed by atoms with Crippen molar-refractivity contribution in [2.24, 2.45) is 13.0 Å². The lowest BCUT2D eigenvalue weighted by Crippen LogP contribution is -2.49. The van der Waals surface area contributed by atoms with Gasteiger partial charge in [-0.2, -0.15) is 0 Å². The second-order valence-electron chi connectivity index (χ2n) is 8.63. The molecule has 35 heavy (non-hydrogen) atoms. The molecule has 1 aliphatic heterocycles. The Morgan fingerprint density at radius 2 is 1.57 bits per heavy atom. The fraction of sp³-hybridized carbons (Fsp3) is 0.269. The number of ether oxygens (including phenoxy) is 1. The molecule has 1 aromatic heterocycles.